The first kappa shape index (κ1) is 10.8. The Morgan fingerprint density at radius 2 is 2.14 bits per heavy atom. The minimum atomic E-state index is -2.86. The highest BCUT2D eigenvalue weighted by atomic mass is 79.9. The van der Waals surface area contributed by atoms with Crippen LogP contribution >= 0.6 is 15.9 Å². The minimum absolute atomic E-state index is 0.0674. The zero-order chi connectivity index (χ0) is 10.9. The molecule has 0 saturated carbocycles. The molecule has 4 N–H and O–H groups in total. The van der Waals surface area contributed by atoms with Crippen molar-refractivity contribution in [1.29, 1.82) is 0 Å². The van der Waals surface area contributed by atoms with Crippen LogP contribution in [-0.2, 0) is 0 Å². The van der Waals surface area contributed by atoms with Gasteiger partial charge in [0.25, 0.3) is 12.3 Å². The third kappa shape index (κ3) is 1.82. The number of aromatic nitrogens is 1. The van der Waals surface area contributed by atoms with E-state index >= 15 is 0 Å². The molecule has 1 amide bonds. The number of hydrogen-bond acceptors (Lipinski definition) is 3. The molecule has 0 aromatic carbocycles. The van der Waals surface area contributed by atoms with E-state index in [1.165, 1.54) is 0 Å². The van der Waals surface area contributed by atoms with Crippen molar-refractivity contribution in [3.63, 3.8) is 0 Å². The average Bonchev–Trinajstić information content (AvgIpc) is 2.08. The van der Waals surface area contributed by atoms with E-state index in [1.54, 1.807) is 0 Å². The van der Waals surface area contributed by atoms with Crippen LogP contribution in [0, 0.1) is 0 Å². The van der Waals surface area contributed by atoms with Crippen LogP contribution < -0.4 is 11.5 Å². The lowest BCUT2D eigenvalue weighted by molar-refractivity contribution is 0.0986. The van der Waals surface area contributed by atoms with E-state index in [0.29, 0.717) is 0 Å². The number of carbonyl (C=O) groups excluding carboxylic acids is 1. The number of nitrogens with zero attached hydrogens (tertiary/aromatic N) is 1. The highest BCUT2D eigenvalue weighted by Crippen LogP contribution is 2.32. The lowest BCUT2D eigenvalue weighted by Crippen LogP contribution is -2.16. The summed E-state index contributed by atoms with van der Waals surface area (Å²) in [4.78, 5) is 14.4. The van der Waals surface area contributed by atoms with Gasteiger partial charge in [0.2, 0.25) is 0 Å². The summed E-state index contributed by atoms with van der Waals surface area (Å²) in [6.07, 6.45) is -1.90. The van der Waals surface area contributed by atoms with Gasteiger partial charge >= 0.3 is 0 Å². The molecule has 0 aliphatic carbocycles. The van der Waals surface area contributed by atoms with Gasteiger partial charge < -0.3 is 11.5 Å². The van der Waals surface area contributed by atoms with Crippen molar-refractivity contribution < 1.29 is 13.6 Å². The van der Waals surface area contributed by atoms with E-state index in [0.717, 1.165) is 6.20 Å². The quantitative estimate of drug-likeness (QED) is 0.795. The molecule has 1 heterocycles. The predicted octanol–water partition coefficient (Wildman–Crippen LogP) is 1.46. The number of halogens is 3. The highest BCUT2D eigenvalue weighted by Gasteiger charge is 2.22. The van der Waals surface area contributed by atoms with Gasteiger partial charge in [-0.3, -0.25) is 4.79 Å². The smallest absolute Gasteiger partial charge is 0.266 e. The van der Waals surface area contributed by atoms with Gasteiger partial charge in [0.05, 0.1) is 16.8 Å². The van der Waals surface area contributed by atoms with Crippen molar-refractivity contribution in [2.24, 2.45) is 5.73 Å². The van der Waals surface area contributed by atoms with Crippen LogP contribution in [0.1, 0.15) is 22.3 Å². The molecule has 0 atom stereocenters. The Hall–Kier alpha value is -1.24. The SMILES string of the molecule is NC(=O)c1cnc(Br)c(N)c1C(F)F. The molecular formula is C7H6BrF2N3O. The molecule has 0 aliphatic rings. The number of rotatable bonds is 2. The molecule has 0 unspecified atom stereocenters. The zero-order valence-corrected chi connectivity index (χ0v) is 8.38. The molecule has 14 heavy (non-hydrogen) atoms. The molecule has 1 aromatic rings. The molecule has 76 valence electrons. The number of nitrogen functional groups attached to an aromatic ring is 1. The maximum Gasteiger partial charge on any atom is 0.266 e. The Kier molecular flexibility index (Phi) is 3.00. The van der Waals surface area contributed by atoms with E-state index in [1.807, 2.05) is 0 Å². The molecular weight excluding hydrogens is 260 g/mol. The molecule has 0 bridgehead atoms. The maximum atomic E-state index is 12.5. The fourth-order valence-corrected chi connectivity index (χ4v) is 1.26. The normalized spacial score (nSPS) is 10.6. The van der Waals surface area contributed by atoms with Crippen molar-refractivity contribution >= 4 is 27.5 Å². The lowest BCUT2D eigenvalue weighted by Gasteiger charge is -2.09. The Balaban J connectivity index is 3.45. The van der Waals surface area contributed by atoms with Gasteiger partial charge in [-0.2, -0.15) is 0 Å². The molecule has 1 rings (SSSR count). The van der Waals surface area contributed by atoms with Crippen molar-refractivity contribution in [1.82, 2.24) is 4.98 Å². The topological polar surface area (TPSA) is 82.0 Å². The van der Waals surface area contributed by atoms with Gasteiger partial charge in [-0.15, -0.1) is 0 Å². The molecule has 0 spiro atoms. The number of primary amides is 1. The fraction of sp³-hybridized carbons (Fsp3) is 0.143. The van der Waals surface area contributed by atoms with Crippen molar-refractivity contribution in [3.8, 4) is 0 Å². The highest BCUT2D eigenvalue weighted by molar-refractivity contribution is 9.10. The summed E-state index contributed by atoms with van der Waals surface area (Å²) in [5.41, 5.74) is 9.00. The van der Waals surface area contributed by atoms with Crippen LogP contribution in [0.2, 0.25) is 0 Å². The monoisotopic (exact) mass is 265 g/mol. The molecule has 0 aliphatic heterocycles. The third-order valence-electron chi connectivity index (χ3n) is 1.59. The van der Waals surface area contributed by atoms with E-state index in [9.17, 15) is 13.6 Å². The summed E-state index contributed by atoms with van der Waals surface area (Å²) in [5, 5.41) is 0. The Morgan fingerprint density at radius 3 is 2.57 bits per heavy atom. The first-order valence-electron chi connectivity index (χ1n) is 3.47. The summed E-state index contributed by atoms with van der Waals surface area (Å²) in [6, 6.07) is 0. The largest absolute Gasteiger partial charge is 0.396 e. The lowest BCUT2D eigenvalue weighted by atomic mass is 10.1. The van der Waals surface area contributed by atoms with E-state index < -0.39 is 17.9 Å². The van der Waals surface area contributed by atoms with Crippen molar-refractivity contribution in [3.05, 3.63) is 21.9 Å². The standard InChI is InChI=1S/C7H6BrF2N3O/c8-5-4(11)3(6(9)10)2(1-13-5)7(12)14/h1,6H,11H2,(H2,12,14). The van der Waals surface area contributed by atoms with E-state index in [2.05, 4.69) is 20.9 Å². The van der Waals surface area contributed by atoms with E-state index in [4.69, 9.17) is 11.5 Å². The van der Waals surface area contributed by atoms with Gasteiger partial charge in [-0.25, -0.2) is 13.8 Å². The van der Waals surface area contributed by atoms with Gasteiger partial charge in [-0.05, 0) is 15.9 Å². The van der Waals surface area contributed by atoms with Crippen LogP contribution in [0.25, 0.3) is 0 Å². The number of hydrogen-bond donors (Lipinski definition) is 2. The minimum Gasteiger partial charge on any atom is -0.396 e. The van der Waals surface area contributed by atoms with Crippen LogP contribution in [0.15, 0.2) is 10.8 Å². The van der Waals surface area contributed by atoms with Gasteiger partial charge in [0, 0.05) is 6.20 Å². The second-order valence-electron chi connectivity index (χ2n) is 2.45. The van der Waals surface area contributed by atoms with Crippen LogP contribution in [0.5, 0.6) is 0 Å². The molecule has 0 radical (unpaired) electrons. The first-order valence-corrected chi connectivity index (χ1v) is 4.26. The number of amides is 1. The fourth-order valence-electron chi connectivity index (χ4n) is 0.948. The Bertz CT molecular complexity index is 383. The molecule has 1 aromatic heterocycles. The van der Waals surface area contributed by atoms with Gasteiger partial charge in [0.1, 0.15) is 4.60 Å². The maximum absolute atomic E-state index is 12.5. The second-order valence-corrected chi connectivity index (χ2v) is 3.21. The van der Waals surface area contributed by atoms with Gasteiger partial charge in [0.15, 0.2) is 0 Å². The number of anilines is 1. The predicted molar refractivity (Wildman–Crippen MR) is 49.8 cm³/mol. The molecule has 7 heteroatoms. The Labute approximate surface area is 86.4 Å². The Morgan fingerprint density at radius 1 is 1.57 bits per heavy atom. The molecule has 4 nitrogen and oxygen atoms in total. The molecule has 0 fully saturated rings. The summed E-state index contributed by atoms with van der Waals surface area (Å²) >= 11 is 2.88. The molecule has 0 saturated heterocycles. The summed E-state index contributed by atoms with van der Waals surface area (Å²) in [7, 11) is 0. The number of alkyl halides is 2. The van der Waals surface area contributed by atoms with Crippen LogP contribution in [-0.4, -0.2) is 10.9 Å². The average molecular weight is 266 g/mol. The van der Waals surface area contributed by atoms with Crippen LogP contribution in [0.3, 0.4) is 0 Å². The van der Waals surface area contributed by atoms with Crippen molar-refractivity contribution in [2.45, 2.75) is 6.43 Å². The number of nitrogens with two attached hydrogens (primary N) is 2. The summed E-state index contributed by atoms with van der Waals surface area (Å²) in [6.45, 7) is 0. The second kappa shape index (κ2) is 3.87. The number of pyridine rings is 1. The van der Waals surface area contributed by atoms with Crippen molar-refractivity contribution in [2.75, 3.05) is 5.73 Å². The van der Waals surface area contributed by atoms with Crippen LogP contribution in [0.4, 0.5) is 14.5 Å². The summed E-state index contributed by atoms with van der Waals surface area (Å²) in [5.74, 6) is -0.980. The summed E-state index contributed by atoms with van der Waals surface area (Å²) < 4.78 is 25.1. The number of carbonyl (C=O) groups is 1. The third-order valence-corrected chi connectivity index (χ3v) is 2.23. The van der Waals surface area contributed by atoms with Gasteiger partial charge in [-0.1, -0.05) is 0 Å². The zero-order valence-electron chi connectivity index (χ0n) is 6.80. The van der Waals surface area contributed by atoms with E-state index in [-0.39, 0.29) is 15.9 Å². The first-order chi connectivity index (χ1) is 6.45.